The number of anilines is 2. The predicted octanol–water partition coefficient (Wildman–Crippen LogP) is 6.57. The van der Waals surface area contributed by atoms with Crippen molar-refractivity contribution in [1.82, 2.24) is 0 Å². The lowest BCUT2D eigenvalue weighted by Gasteiger charge is -2.19. The van der Waals surface area contributed by atoms with Crippen molar-refractivity contribution >= 4 is 35.0 Å². The molecule has 8 heteroatoms. The lowest BCUT2D eigenvalue weighted by molar-refractivity contribution is -0.115. The molecule has 2 N–H and O–H groups in total. The Bertz CT molecular complexity index is 1360. The number of halogens is 1. The van der Waals surface area contributed by atoms with Gasteiger partial charge in [-0.1, -0.05) is 30.3 Å². The zero-order valence-corrected chi connectivity index (χ0v) is 21.1. The number of amides is 2. The van der Waals surface area contributed by atoms with E-state index in [9.17, 15) is 14.0 Å². The third-order valence-corrected chi connectivity index (χ3v) is 6.75. The summed E-state index contributed by atoms with van der Waals surface area (Å²) in [6, 6.07) is 27.2. The highest BCUT2D eigenvalue weighted by molar-refractivity contribution is 8.00. The van der Waals surface area contributed by atoms with Crippen molar-refractivity contribution in [3.05, 3.63) is 114 Å². The second-order valence-electron chi connectivity index (χ2n) is 7.95. The quantitative estimate of drug-likeness (QED) is 0.246. The summed E-state index contributed by atoms with van der Waals surface area (Å²) in [4.78, 5) is 26.7. The van der Waals surface area contributed by atoms with Gasteiger partial charge in [-0.2, -0.15) is 0 Å². The van der Waals surface area contributed by atoms with Crippen LogP contribution in [0, 0.1) is 5.82 Å². The molecule has 0 radical (unpaired) electrons. The molecule has 1 unspecified atom stereocenters. The number of hydrogen-bond acceptors (Lipinski definition) is 5. The molecule has 6 nitrogen and oxygen atoms in total. The summed E-state index contributed by atoms with van der Waals surface area (Å²) in [5.41, 5.74) is 2.32. The first kappa shape index (κ1) is 25.8. The Morgan fingerprint density at radius 3 is 2.16 bits per heavy atom. The third kappa shape index (κ3) is 6.68. The molecule has 0 aromatic heterocycles. The Labute approximate surface area is 218 Å². The molecule has 4 aromatic carbocycles. The lowest BCUT2D eigenvalue weighted by Crippen LogP contribution is -2.19. The number of benzene rings is 4. The van der Waals surface area contributed by atoms with Gasteiger partial charge in [-0.05, 0) is 66.2 Å². The van der Waals surface area contributed by atoms with E-state index in [1.807, 2.05) is 42.5 Å². The second-order valence-corrected chi connectivity index (χ2v) is 9.13. The number of rotatable bonds is 9. The van der Waals surface area contributed by atoms with Crippen LogP contribution < -0.4 is 20.1 Å². The Morgan fingerprint density at radius 1 is 0.811 bits per heavy atom. The molecule has 0 bridgehead atoms. The van der Waals surface area contributed by atoms with Crippen molar-refractivity contribution in [3.8, 4) is 11.5 Å². The van der Waals surface area contributed by atoms with Crippen molar-refractivity contribution in [2.24, 2.45) is 0 Å². The number of nitrogens with one attached hydrogen (secondary N) is 2. The third-order valence-electron chi connectivity index (χ3n) is 5.48. The maximum absolute atomic E-state index is 13.4. The van der Waals surface area contributed by atoms with Gasteiger partial charge in [0.2, 0.25) is 5.91 Å². The molecule has 4 rings (SSSR count). The van der Waals surface area contributed by atoms with Crippen molar-refractivity contribution in [3.63, 3.8) is 0 Å². The van der Waals surface area contributed by atoms with Gasteiger partial charge in [0.15, 0.2) is 0 Å². The zero-order valence-electron chi connectivity index (χ0n) is 20.2. The van der Waals surface area contributed by atoms with E-state index in [-0.39, 0.29) is 11.8 Å². The molecule has 0 fully saturated rings. The van der Waals surface area contributed by atoms with Crippen molar-refractivity contribution in [2.75, 3.05) is 24.9 Å². The highest BCUT2D eigenvalue weighted by atomic mass is 32.2. The first-order valence-electron chi connectivity index (χ1n) is 11.4. The summed E-state index contributed by atoms with van der Waals surface area (Å²) in [5.74, 6) is 0.158. The van der Waals surface area contributed by atoms with E-state index in [2.05, 4.69) is 10.6 Å². The molecule has 0 aliphatic carbocycles. The van der Waals surface area contributed by atoms with Crippen molar-refractivity contribution < 1.29 is 23.5 Å². The summed E-state index contributed by atoms with van der Waals surface area (Å²) >= 11 is 1.38. The van der Waals surface area contributed by atoms with Gasteiger partial charge in [-0.3, -0.25) is 9.59 Å². The minimum Gasteiger partial charge on any atom is -0.497 e. The monoisotopic (exact) mass is 516 g/mol. The summed E-state index contributed by atoms with van der Waals surface area (Å²) in [5, 5.41) is 5.21. The van der Waals surface area contributed by atoms with Gasteiger partial charge < -0.3 is 20.1 Å². The fourth-order valence-corrected chi connectivity index (χ4v) is 4.58. The Balaban J connectivity index is 1.50. The molecule has 0 saturated heterocycles. The number of methoxy groups -OCH3 is 2. The van der Waals surface area contributed by atoms with Crippen LogP contribution in [0.3, 0.4) is 0 Å². The standard InChI is InChI=1S/C29H25FN2O4S/c1-35-23-14-17-25(26(18-23)36-2)32-29(34)27(19-6-4-3-5-7-19)37-24-15-12-22(13-16-24)31-28(33)20-8-10-21(30)11-9-20/h3-18,27H,1-2H3,(H,31,33)(H,32,34). The number of carbonyl (C=O) groups excluding carboxylic acids is 2. The largest absolute Gasteiger partial charge is 0.497 e. The zero-order chi connectivity index (χ0) is 26.2. The van der Waals surface area contributed by atoms with Gasteiger partial charge in [-0.15, -0.1) is 11.8 Å². The Kier molecular flexibility index (Phi) is 8.43. The van der Waals surface area contributed by atoms with E-state index in [0.717, 1.165) is 10.5 Å². The van der Waals surface area contributed by atoms with Gasteiger partial charge in [0, 0.05) is 22.2 Å². The molecule has 1 atom stereocenters. The molecule has 0 spiro atoms. The summed E-state index contributed by atoms with van der Waals surface area (Å²) in [7, 11) is 3.10. The van der Waals surface area contributed by atoms with Crippen LogP contribution in [-0.2, 0) is 4.79 Å². The molecular weight excluding hydrogens is 491 g/mol. The fourth-order valence-electron chi connectivity index (χ4n) is 3.56. The van der Waals surface area contributed by atoms with Crippen LogP contribution in [0.5, 0.6) is 11.5 Å². The number of ether oxygens (including phenoxy) is 2. The van der Waals surface area contributed by atoms with Gasteiger partial charge >= 0.3 is 0 Å². The molecule has 0 aliphatic rings. The fraction of sp³-hybridized carbons (Fsp3) is 0.103. The molecule has 4 aromatic rings. The SMILES string of the molecule is COc1ccc(NC(=O)C(Sc2ccc(NC(=O)c3ccc(F)cc3)cc2)c2ccccc2)c(OC)c1. The maximum Gasteiger partial charge on any atom is 0.255 e. The molecule has 2 amide bonds. The molecule has 188 valence electrons. The topological polar surface area (TPSA) is 76.7 Å². The molecule has 0 heterocycles. The second kappa shape index (κ2) is 12.1. The van der Waals surface area contributed by atoms with E-state index >= 15 is 0 Å². The molecule has 0 saturated carbocycles. The van der Waals surface area contributed by atoms with E-state index in [0.29, 0.717) is 28.4 Å². The van der Waals surface area contributed by atoms with E-state index < -0.39 is 11.1 Å². The van der Waals surface area contributed by atoms with E-state index in [1.165, 1.54) is 43.1 Å². The molecule has 37 heavy (non-hydrogen) atoms. The first-order valence-corrected chi connectivity index (χ1v) is 12.3. The van der Waals surface area contributed by atoms with Crippen LogP contribution in [-0.4, -0.2) is 26.0 Å². The first-order chi connectivity index (χ1) is 18.0. The average molecular weight is 517 g/mol. The lowest BCUT2D eigenvalue weighted by atomic mass is 10.1. The van der Waals surface area contributed by atoms with Gasteiger partial charge in [0.1, 0.15) is 22.6 Å². The molecule has 0 aliphatic heterocycles. The number of thioether (sulfide) groups is 1. The summed E-state index contributed by atoms with van der Waals surface area (Å²) < 4.78 is 23.8. The van der Waals surface area contributed by atoms with Crippen LogP contribution >= 0.6 is 11.8 Å². The van der Waals surface area contributed by atoms with Gasteiger partial charge in [0.05, 0.1) is 19.9 Å². The van der Waals surface area contributed by atoms with Crippen LogP contribution in [0.2, 0.25) is 0 Å². The average Bonchev–Trinajstić information content (AvgIpc) is 2.93. The van der Waals surface area contributed by atoms with Crippen LogP contribution in [0.4, 0.5) is 15.8 Å². The Morgan fingerprint density at radius 2 is 1.51 bits per heavy atom. The minimum absolute atomic E-state index is 0.214. The number of carbonyl (C=O) groups is 2. The van der Waals surface area contributed by atoms with Gasteiger partial charge in [-0.25, -0.2) is 4.39 Å². The van der Waals surface area contributed by atoms with Crippen LogP contribution in [0.15, 0.2) is 102 Å². The van der Waals surface area contributed by atoms with Crippen LogP contribution in [0.25, 0.3) is 0 Å². The van der Waals surface area contributed by atoms with E-state index in [1.54, 1.807) is 37.4 Å². The number of hydrogen-bond donors (Lipinski definition) is 2. The van der Waals surface area contributed by atoms with Crippen molar-refractivity contribution in [1.29, 1.82) is 0 Å². The highest BCUT2D eigenvalue weighted by Crippen LogP contribution is 2.38. The summed E-state index contributed by atoms with van der Waals surface area (Å²) in [6.07, 6.45) is 0. The minimum atomic E-state index is -0.548. The maximum atomic E-state index is 13.4. The van der Waals surface area contributed by atoms with Crippen LogP contribution in [0.1, 0.15) is 21.2 Å². The summed E-state index contributed by atoms with van der Waals surface area (Å²) in [6.45, 7) is 0. The Hall–Kier alpha value is -4.30. The van der Waals surface area contributed by atoms with Crippen molar-refractivity contribution in [2.45, 2.75) is 10.1 Å². The highest BCUT2D eigenvalue weighted by Gasteiger charge is 2.23. The van der Waals surface area contributed by atoms with Gasteiger partial charge in [0.25, 0.3) is 5.91 Å². The smallest absolute Gasteiger partial charge is 0.255 e. The molecular formula is C29H25FN2O4S. The predicted molar refractivity (Wildman–Crippen MR) is 144 cm³/mol. The normalized spacial score (nSPS) is 11.3. The van der Waals surface area contributed by atoms with E-state index in [4.69, 9.17) is 9.47 Å².